The molecule has 0 saturated heterocycles. The van der Waals surface area contributed by atoms with Crippen molar-refractivity contribution in [2.45, 2.75) is 33.2 Å². The summed E-state index contributed by atoms with van der Waals surface area (Å²) in [5, 5.41) is 4.38. The van der Waals surface area contributed by atoms with Gasteiger partial charge in [-0.1, -0.05) is 11.6 Å². The van der Waals surface area contributed by atoms with Gasteiger partial charge in [-0.3, -0.25) is 9.48 Å². The predicted molar refractivity (Wildman–Crippen MR) is 76.2 cm³/mol. The van der Waals surface area contributed by atoms with E-state index in [1.54, 1.807) is 6.07 Å². The van der Waals surface area contributed by atoms with Crippen LogP contribution in [-0.4, -0.2) is 15.6 Å². The second kappa shape index (κ2) is 5.26. The minimum atomic E-state index is 0.00945. The number of nitrogen functional groups attached to an aromatic ring is 1. The number of aromatic nitrogens is 2. The molecule has 0 aliphatic heterocycles. The Morgan fingerprint density at radius 2 is 2.11 bits per heavy atom. The normalized spacial score (nSPS) is 10.9. The van der Waals surface area contributed by atoms with Gasteiger partial charge >= 0.3 is 0 Å². The van der Waals surface area contributed by atoms with Crippen molar-refractivity contribution in [2.24, 2.45) is 0 Å². The van der Waals surface area contributed by atoms with E-state index in [4.69, 9.17) is 5.73 Å². The highest BCUT2D eigenvalue weighted by molar-refractivity contribution is 6.01. The van der Waals surface area contributed by atoms with E-state index in [2.05, 4.69) is 18.9 Å². The largest absolute Gasteiger partial charge is 0.398 e. The zero-order valence-electron chi connectivity index (χ0n) is 11.6. The first-order valence-electron chi connectivity index (χ1n) is 6.40. The number of carbonyl (C=O) groups is 1. The van der Waals surface area contributed by atoms with Crippen LogP contribution in [0.2, 0.25) is 0 Å². The average Bonchev–Trinajstić information content (AvgIpc) is 2.80. The second-order valence-corrected chi connectivity index (χ2v) is 5.07. The summed E-state index contributed by atoms with van der Waals surface area (Å²) in [4.78, 5) is 12.2. The van der Waals surface area contributed by atoms with Gasteiger partial charge in [0.25, 0.3) is 0 Å². The van der Waals surface area contributed by atoms with Crippen LogP contribution in [0.3, 0.4) is 0 Å². The van der Waals surface area contributed by atoms with E-state index < -0.39 is 0 Å². The Balaban J connectivity index is 2.18. The van der Waals surface area contributed by atoms with Gasteiger partial charge in [0.15, 0.2) is 5.78 Å². The lowest BCUT2D eigenvalue weighted by Crippen LogP contribution is -2.09. The predicted octanol–water partition coefficient (Wildman–Crippen LogP) is 2.78. The number of carbonyl (C=O) groups excluding carboxylic acids is 1. The molecular formula is C15H19N3O. The molecule has 0 unspecified atom stereocenters. The van der Waals surface area contributed by atoms with Crippen LogP contribution in [0.4, 0.5) is 5.69 Å². The number of aryl methyl sites for hydroxylation is 1. The highest BCUT2D eigenvalue weighted by Crippen LogP contribution is 2.16. The molecule has 1 aromatic heterocycles. The van der Waals surface area contributed by atoms with Crippen molar-refractivity contribution in [3.05, 3.63) is 47.3 Å². The number of hydrogen-bond acceptors (Lipinski definition) is 3. The molecular weight excluding hydrogens is 238 g/mol. The Kier molecular flexibility index (Phi) is 3.69. The summed E-state index contributed by atoms with van der Waals surface area (Å²) >= 11 is 0. The van der Waals surface area contributed by atoms with E-state index in [9.17, 15) is 4.79 Å². The molecule has 1 heterocycles. The molecule has 0 amide bonds. The van der Waals surface area contributed by atoms with Crippen LogP contribution < -0.4 is 5.73 Å². The molecule has 0 spiro atoms. The van der Waals surface area contributed by atoms with Crippen molar-refractivity contribution in [2.75, 3.05) is 5.73 Å². The lowest BCUT2D eigenvalue weighted by Gasteiger charge is -2.06. The van der Waals surface area contributed by atoms with E-state index in [0.29, 0.717) is 17.3 Å². The summed E-state index contributed by atoms with van der Waals surface area (Å²) in [6.07, 6.45) is 2.18. The van der Waals surface area contributed by atoms with Crippen molar-refractivity contribution >= 4 is 11.5 Å². The zero-order chi connectivity index (χ0) is 14.0. The number of nitrogens with zero attached hydrogens (tertiary/aromatic N) is 2. The summed E-state index contributed by atoms with van der Waals surface area (Å²) in [5.74, 6) is 0.00945. The summed E-state index contributed by atoms with van der Waals surface area (Å²) in [7, 11) is 0. The van der Waals surface area contributed by atoms with Crippen LogP contribution in [0.1, 0.15) is 41.5 Å². The molecule has 1 aromatic carbocycles. The Bertz CT molecular complexity index is 599. The molecule has 0 aliphatic rings. The SMILES string of the molecule is Cc1ccc(N)c(C(=O)Cc2ccn(C(C)C)n2)c1. The van der Waals surface area contributed by atoms with Gasteiger partial charge in [-0.25, -0.2) is 0 Å². The molecule has 0 aliphatic carbocycles. The van der Waals surface area contributed by atoms with Crippen molar-refractivity contribution < 1.29 is 4.79 Å². The number of rotatable bonds is 4. The first-order chi connectivity index (χ1) is 8.97. The van der Waals surface area contributed by atoms with Gasteiger partial charge in [-0.15, -0.1) is 0 Å². The fourth-order valence-electron chi connectivity index (χ4n) is 1.93. The fraction of sp³-hybridized carbons (Fsp3) is 0.333. The summed E-state index contributed by atoms with van der Waals surface area (Å²) < 4.78 is 1.85. The lowest BCUT2D eigenvalue weighted by molar-refractivity contribution is 0.0992. The number of hydrogen-bond donors (Lipinski definition) is 1. The van der Waals surface area contributed by atoms with Crippen LogP contribution in [0.15, 0.2) is 30.5 Å². The minimum absolute atomic E-state index is 0.00945. The van der Waals surface area contributed by atoms with E-state index in [1.807, 2.05) is 36.0 Å². The molecule has 19 heavy (non-hydrogen) atoms. The van der Waals surface area contributed by atoms with Crippen LogP contribution in [0, 0.1) is 6.92 Å². The molecule has 100 valence electrons. The quantitative estimate of drug-likeness (QED) is 0.676. The molecule has 2 aromatic rings. The van der Waals surface area contributed by atoms with Crippen LogP contribution >= 0.6 is 0 Å². The maximum Gasteiger partial charge on any atom is 0.170 e. The molecule has 2 rings (SSSR count). The third kappa shape index (κ3) is 3.02. The molecule has 4 nitrogen and oxygen atoms in total. The number of nitrogens with two attached hydrogens (primary N) is 1. The maximum absolute atomic E-state index is 12.2. The monoisotopic (exact) mass is 257 g/mol. The van der Waals surface area contributed by atoms with Gasteiger partial charge in [0.2, 0.25) is 0 Å². The molecule has 0 radical (unpaired) electrons. The average molecular weight is 257 g/mol. The number of Topliss-reactive ketones (excluding diaryl/α,β-unsaturated/α-hetero) is 1. The van der Waals surface area contributed by atoms with Gasteiger partial charge in [0, 0.05) is 23.5 Å². The Morgan fingerprint density at radius 3 is 2.74 bits per heavy atom. The fourth-order valence-corrected chi connectivity index (χ4v) is 1.93. The standard InChI is InChI=1S/C15H19N3O/c1-10(2)18-7-6-12(17-18)9-15(19)13-8-11(3)4-5-14(13)16/h4-8,10H,9,16H2,1-3H3. The number of benzene rings is 1. The third-order valence-electron chi connectivity index (χ3n) is 3.04. The summed E-state index contributed by atoms with van der Waals surface area (Å²) in [6.45, 7) is 6.05. The summed E-state index contributed by atoms with van der Waals surface area (Å²) in [5.41, 5.74) is 8.77. The summed E-state index contributed by atoms with van der Waals surface area (Å²) in [6, 6.07) is 7.68. The molecule has 0 fully saturated rings. The van der Waals surface area contributed by atoms with E-state index in [1.165, 1.54) is 0 Å². The molecule has 0 saturated carbocycles. The van der Waals surface area contributed by atoms with Gasteiger partial charge in [0.05, 0.1) is 12.1 Å². The van der Waals surface area contributed by atoms with Crippen molar-refractivity contribution in [3.8, 4) is 0 Å². The molecule has 0 atom stereocenters. The first kappa shape index (κ1) is 13.3. The van der Waals surface area contributed by atoms with Gasteiger partial charge in [-0.05, 0) is 39.0 Å². The van der Waals surface area contributed by atoms with E-state index in [0.717, 1.165) is 11.3 Å². The second-order valence-electron chi connectivity index (χ2n) is 5.07. The van der Waals surface area contributed by atoms with E-state index >= 15 is 0 Å². The Hall–Kier alpha value is -2.10. The van der Waals surface area contributed by atoms with Crippen molar-refractivity contribution in [1.82, 2.24) is 9.78 Å². The maximum atomic E-state index is 12.2. The first-order valence-corrected chi connectivity index (χ1v) is 6.40. The highest BCUT2D eigenvalue weighted by Gasteiger charge is 2.13. The number of ketones is 1. The van der Waals surface area contributed by atoms with Gasteiger partial charge < -0.3 is 5.73 Å². The lowest BCUT2D eigenvalue weighted by atomic mass is 10.0. The number of anilines is 1. The van der Waals surface area contributed by atoms with Crippen molar-refractivity contribution in [3.63, 3.8) is 0 Å². The molecule has 0 bridgehead atoms. The minimum Gasteiger partial charge on any atom is -0.398 e. The van der Waals surface area contributed by atoms with Crippen LogP contribution in [0.25, 0.3) is 0 Å². The van der Waals surface area contributed by atoms with Crippen LogP contribution in [0.5, 0.6) is 0 Å². The molecule has 2 N–H and O–H groups in total. The van der Waals surface area contributed by atoms with Gasteiger partial charge in [-0.2, -0.15) is 5.10 Å². The third-order valence-corrected chi connectivity index (χ3v) is 3.04. The Labute approximate surface area is 113 Å². The smallest absolute Gasteiger partial charge is 0.170 e. The van der Waals surface area contributed by atoms with E-state index in [-0.39, 0.29) is 12.2 Å². The molecule has 4 heteroatoms. The topological polar surface area (TPSA) is 60.9 Å². The Morgan fingerprint density at radius 1 is 1.37 bits per heavy atom. The van der Waals surface area contributed by atoms with Gasteiger partial charge in [0.1, 0.15) is 0 Å². The van der Waals surface area contributed by atoms with Crippen LogP contribution in [-0.2, 0) is 6.42 Å². The zero-order valence-corrected chi connectivity index (χ0v) is 11.6. The van der Waals surface area contributed by atoms with Crippen molar-refractivity contribution in [1.29, 1.82) is 0 Å². The highest BCUT2D eigenvalue weighted by atomic mass is 16.1.